The highest BCUT2D eigenvalue weighted by Crippen LogP contribution is 2.18. The van der Waals surface area contributed by atoms with E-state index in [0.717, 1.165) is 10.6 Å². The Bertz CT molecular complexity index is 549. The van der Waals surface area contributed by atoms with E-state index in [4.69, 9.17) is 5.11 Å². The molecule has 0 saturated carbocycles. The van der Waals surface area contributed by atoms with Gasteiger partial charge in [-0.3, -0.25) is 0 Å². The molecule has 0 aliphatic carbocycles. The van der Waals surface area contributed by atoms with E-state index in [9.17, 15) is 13.6 Å². The van der Waals surface area contributed by atoms with Gasteiger partial charge in [0, 0.05) is 6.20 Å². The summed E-state index contributed by atoms with van der Waals surface area (Å²) in [5.41, 5.74) is -0.244. The summed E-state index contributed by atoms with van der Waals surface area (Å²) in [4.78, 5) is 10.8. The van der Waals surface area contributed by atoms with E-state index in [2.05, 4.69) is 0 Å². The van der Waals surface area contributed by atoms with Gasteiger partial charge in [0.15, 0.2) is 11.6 Å². The first-order valence-electron chi connectivity index (χ1n) is 4.46. The van der Waals surface area contributed by atoms with E-state index in [1.54, 1.807) is 0 Å². The Morgan fingerprint density at radius 2 is 1.94 bits per heavy atom. The fourth-order valence-electron chi connectivity index (χ4n) is 1.44. The Hall–Kier alpha value is -2.17. The van der Waals surface area contributed by atoms with Gasteiger partial charge >= 0.3 is 5.97 Å². The van der Waals surface area contributed by atoms with Crippen LogP contribution in [0.2, 0.25) is 0 Å². The van der Waals surface area contributed by atoms with Gasteiger partial charge in [0.25, 0.3) is 0 Å². The van der Waals surface area contributed by atoms with Gasteiger partial charge in [-0.2, -0.15) is 0 Å². The monoisotopic (exact) mass is 223 g/mol. The summed E-state index contributed by atoms with van der Waals surface area (Å²) in [6.45, 7) is 0. The molecule has 3 nitrogen and oxygen atoms in total. The Morgan fingerprint density at radius 1 is 1.19 bits per heavy atom. The number of hydrogen-bond acceptors (Lipinski definition) is 1. The average Bonchev–Trinajstić information content (AvgIpc) is 2.70. The third kappa shape index (κ3) is 1.56. The normalized spacial score (nSPS) is 10.4. The Labute approximate surface area is 89.6 Å². The third-order valence-electron chi connectivity index (χ3n) is 2.16. The molecule has 2 aromatic rings. The fourth-order valence-corrected chi connectivity index (χ4v) is 1.44. The highest BCUT2D eigenvalue weighted by molar-refractivity contribution is 5.86. The molecule has 0 aliphatic heterocycles. The lowest BCUT2D eigenvalue weighted by atomic mass is 10.3. The van der Waals surface area contributed by atoms with Gasteiger partial charge in [-0.05, 0) is 24.3 Å². The molecule has 0 spiro atoms. The number of carboxylic acid groups (broad SMARTS) is 1. The van der Waals surface area contributed by atoms with Crippen molar-refractivity contribution in [1.29, 1.82) is 0 Å². The number of nitrogens with zero attached hydrogens (tertiary/aromatic N) is 1. The number of hydrogen-bond donors (Lipinski definition) is 1. The summed E-state index contributed by atoms with van der Waals surface area (Å²) in [5.74, 6) is -3.28. The lowest BCUT2D eigenvalue weighted by Crippen LogP contribution is -2.07. The minimum absolute atomic E-state index is 0.121. The molecule has 1 heterocycles. The molecule has 5 heteroatoms. The molecule has 1 N–H and O–H groups in total. The van der Waals surface area contributed by atoms with Crippen LogP contribution in [-0.2, 0) is 0 Å². The van der Waals surface area contributed by atoms with Gasteiger partial charge < -0.3 is 9.67 Å². The fraction of sp³-hybridized carbons (Fsp3) is 0. The molecule has 1 aromatic carbocycles. The zero-order valence-electron chi connectivity index (χ0n) is 8.02. The zero-order valence-corrected chi connectivity index (χ0v) is 8.02. The van der Waals surface area contributed by atoms with Crippen LogP contribution in [-0.4, -0.2) is 15.6 Å². The second-order valence-electron chi connectivity index (χ2n) is 3.14. The van der Waals surface area contributed by atoms with Gasteiger partial charge in [0.1, 0.15) is 5.69 Å². The zero-order chi connectivity index (χ0) is 11.7. The number of carbonyl (C=O) groups is 1. The molecule has 2 rings (SSSR count). The van der Waals surface area contributed by atoms with Crippen molar-refractivity contribution < 1.29 is 18.7 Å². The number of halogens is 2. The van der Waals surface area contributed by atoms with E-state index in [-0.39, 0.29) is 11.4 Å². The number of aromatic carboxylic acids is 1. The standard InChI is InChI=1S/C11H7F2NO2/c12-7-3-1-4-8(10(7)13)14-6-2-5-9(14)11(15)16/h1-6H,(H,15,16). The lowest BCUT2D eigenvalue weighted by molar-refractivity contribution is 0.0688. The van der Waals surface area contributed by atoms with E-state index in [0.29, 0.717) is 0 Å². The first kappa shape index (κ1) is 10.4. The second kappa shape index (κ2) is 3.77. The van der Waals surface area contributed by atoms with Crippen LogP contribution in [0, 0.1) is 11.6 Å². The van der Waals surface area contributed by atoms with E-state index < -0.39 is 17.6 Å². The SMILES string of the molecule is O=C(O)c1cccn1-c1cccc(F)c1F. The van der Waals surface area contributed by atoms with Crippen molar-refractivity contribution in [3.05, 3.63) is 53.9 Å². The van der Waals surface area contributed by atoms with Crippen LogP contribution in [0.5, 0.6) is 0 Å². The molecule has 16 heavy (non-hydrogen) atoms. The highest BCUT2D eigenvalue weighted by atomic mass is 19.2. The van der Waals surface area contributed by atoms with Crippen molar-refractivity contribution in [3.8, 4) is 5.69 Å². The van der Waals surface area contributed by atoms with Gasteiger partial charge in [0.2, 0.25) is 0 Å². The molecular formula is C11H7F2NO2. The Balaban J connectivity index is 2.63. The average molecular weight is 223 g/mol. The summed E-state index contributed by atoms with van der Waals surface area (Å²) in [6.07, 6.45) is 1.36. The predicted molar refractivity (Wildman–Crippen MR) is 52.6 cm³/mol. The summed E-state index contributed by atoms with van der Waals surface area (Å²) < 4.78 is 27.5. The number of benzene rings is 1. The molecule has 0 aliphatic rings. The minimum Gasteiger partial charge on any atom is -0.477 e. The van der Waals surface area contributed by atoms with Crippen molar-refractivity contribution in [1.82, 2.24) is 4.57 Å². The Morgan fingerprint density at radius 3 is 2.62 bits per heavy atom. The summed E-state index contributed by atoms with van der Waals surface area (Å²) in [6, 6.07) is 6.37. The first-order chi connectivity index (χ1) is 7.61. The van der Waals surface area contributed by atoms with Gasteiger partial charge in [-0.1, -0.05) is 6.07 Å². The molecule has 0 radical (unpaired) electrons. The molecule has 0 unspecified atom stereocenters. The molecule has 0 bridgehead atoms. The topological polar surface area (TPSA) is 42.2 Å². The molecular weight excluding hydrogens is 216 g/mol. The van der Waals surface area contributed by atoms with Crippen LogP contribution < -0.4 is 0 Å². The second-order valence-corrected chi connectivity index (χ2v) is 3.14. The van der Waals surface area contributed by atoms with Crippen molar-refractivity contribution >= 4 is 5.97 Å². The summed E-state index contributed by atoms with van der Waals surface area (Å²) >= 11 is 0. The molecule has 0 fully saturated rings. The maximum absolute atomic E-state index is 13.4. The van der Waals surface area contributed by atoms with Crippen molar-refractivity contribution in [3.63, 3.8) is 0 Å². The number of carboxylic acids is 1. The van der Waals surface area contributed by atoms with Crippen molar-refractivity contribution in [2.45, 2.75) is 0 Å². The van der Waals surface area contributed by atoms with Crippen molar-refractivity contribution in [2.75, 3.05) is 0 Å². The van der Waals surface area contributed by atoms with Crippen molar-refractivity contribution in [2.24, 2.45) is 0 Å². The molecule has 0 saturated heterocycles. The molecule has 82 valence electrons. The Kier molecular flexibility index (Phi) is 2.44. The molecule has 0 atom stereocenters. The van der Waals surface area contributed by atoms with Crippen LogP contribution in [0.25, 0.3) is 5.69 Å². The van der Waals surface area contributed by atoms with Crippen LogP contribution >= 0.6 is 0 Å². The molecule has 1 aromatic heterocycles. The van der Waals surface area contributed by atoms with Gasteiger partial charge in [-0.15, -0.1) is 0 Å². The van der Waals surface area contributed by atoms with E-state index in [1.165, 1.54) is 30.5 Å². The van der Waals surface area contributed by atoms with Gasteiger partial charge in [0.05, 0.1) is 5.69 Å². The van der Waals surface area contributed by atoms with E-state index in [1.807, 2.05) is 0 Å². The first-order valence-corrected chi connectivity index (χ1v) is 4.46. The predicted octanol–water partition coefficient (Wildman–Crippen LogP) is 2.45. The third-order valence-corrected chi connectivity index (χ3v) is 2.16. The lowest BCUT2D eigenvalue weighted by Gasteiger charge is -2.07. The van der Waals surface area contributed by atoms with E-state index >= 15 is 0 Å². The summed E-state index contributed by atoms with van der Waals surface area (Å²) in [7, 11) is 0. The maximum atomic E-state index is 13.4. The summed E-state index contributed by atoms with van der Waals surface area (Å²) in [5, 5.41) is 8.84. The maximum Gasteiger partial charge on any atom is 0.352 e. The number of rotatable bonds is 2. The van der Waals surface area contributed by atoms with Crippen LogP contribution in [0.4, 0.5) is 8.78 Å². The van der Waals surface area contributed by atoms with Crippen LogP contribution in [0.1, 0.15) is 10.5 Å². The minimum atomic E-state index is -1.20. The smallest absolute Gasteiger partial charge is 0.352 e. The quantitative estimate of drug-likeness (QED) is 0.849. The van der Waals surface area contributed by atoms with Crippen LogP contribution in [0.3, 0.4) is 0 Å². The number of aromatic nitrogens is 1. The highest BCUT2D eigenvalue weighted by Gasteiger charge is 2.15. The van der Waals surface area contributed by atoms with Crippen LogP contribution in [0.15, 0.2) is 36.5 Å². The molecule has 0 amide bonds. The largest absolute Gasteiger partial charge is 0.477 e. The van der Waals surface area contributed by atoms with Gasteiger partial charge in [-0.25, -0.2) is 13.6 Å².